The first-order valence-electron chi connectivity index (χ1n) is 7.42. The van der Waals surface area contributed by atoms with Crippen LogP contribution in [0.15, 0.2) is 0 Å². The Morgan fingerprint density at radius 2 is 2.00 bits per heavy atom. The van der Waals surface area contributed by atoms with Gasteiger partial charge in [0.2, 0.25) is 0 Å². The van der Waals surface area contributed by atoms with Gasteiger partial charge >= 0.3 is 0 Å². The predicted molar refractivity (Wildman–Crippen MR) is 77.1 cm³/mol. The Kier molecular flexibility index (Phi) is 5.80. The molecule has 1 saturated heterocycles. The van der Waals surface area contributed by atoms with E-state index in [-0.39, 0.29) is 5.79 Å². The van der Waals surface area contributed by atoms with Crippen LogP contribution < -0.4 is 5.32 Å². The van der Waals surface area contributed by atoms with E-state index < -0.39 is 0 Å². The predicted octanol–water partition coefficient (Wildman–Crippen LogP) is 2.79. The van der Waals surface area contributed by atoms with Gasteiger partial charge in [-0.15, -0.1) is 0 Å². The molecular formula is C14H27NO2S. The van der Waals surface area contributed by atoms with Crippen molar-refractivity contribution in [2.45, 2.75) is 63.0 Å². The molecule has 106 valence electrons. The van der Waals surface area contributed by atoms with Crippen molar-refractivity contribution in [3.63, 3.8) is 0 Å². The third-order valence-corrected chi connectivity index (χ3v) is 5.37. The van der Waals surface area contributed by atoms with E-state index in [1.807, 2.05) is 0 Å². The topological polar surface area (TPSA) is 30.5 Å². The fourth-order valence-electron chi connectivity index (χ4n) is 2.88. The van der Waals surface area contributed by atoms with Gasteiger partial charge in [0, 0.05) is 24.1 Å². The van der Waals surface area contributed by atoms with Crippen LogP contribution in [-0.2, 0) is 9.47 Å². The van der Waals surface area contributed by atoms with Crippen molar-refractivity contribution in [1.29, 1.82) is 0 Å². The normalized spacial score (nSPS) is 31.0. The van der Waals surface area contributed by atoms with Crippen LogP contribution >= 0.6 is 11.8 Å². The molecule has 1 heterocycles. The van der Waals surface area contributed by atoms with Gasteiger partial charge < -0.3 is 14.8 Å². The lowest BCUT2D eigenvalue weighted by Crippen LogP contribution is -2.50. The lowest BCUT2D eigenvalue weighted by Gasteiger charge is -2.41. The van der Waals surface area contributed by atoms with Gasteiger partial charge in [-0.1, -0.05) is 13.8 Å². The summed E-state index contributed by atoms with van der Waals surface area (Å²) in [6, 6.07) is 0.639. The molecule has 2 aliphatic rings. The largest absolute Gasteiger partial charge is 0.347 e. The van der Waals surface area contributed by atoms with Crippen molar-refractivity contribution in [3.8, 4) is 0 Å². The Bertz CT molecular complexity index is 244. The smallest absolute Gasteiger partial charge is 0.169 e. The Morgan fingerprint density at radius 1 is 1.22 bits per heavy atom. The monoisotopic (exact) mass is 273 g/mol. The fourth-order valence-corrected chi connectivity index (χ4v) is 4.25. The lowest BCUT2D eigenvalue weighted by molar-refractivity contribution is -0.178. The minimum absolute atomic E-state index is 0.240. The number of hydrogen-bond donors (Lipinski definition) is 1. The molecule has 2 unspecified atom stereocenters. The van der Waals surface area contributed by atoms with Crippen LogP contribution in [-0.4, -0.2) is 42.6 Å². The highest BCUT2D eigenvalue weighted by atomic mass is 32.2. The van der Waals surface area contributed by atoms with Crippen LogP contribution in [0.3, 0.4) is 0 Å². The van der Waals surface area contributed by atoms with Crippen LogP contribution in [0.4, 0.5) is 0 Å². The third-order valence-electron chi connectivity index (χ3n) is 3.80. The SMILES string of the molecule is CCCNC1CCC2(CC1SCCC)OCCO2. The summed E-state index contributed by atoms with van der Waals surface area (Å²) < 4.78 is 11.8. The average Bonchev–Trinajstić information content (AvgIpc) is 2.83. The van der Waals surface area contributed by atoms with E-state index in [0.717, 1.165) is 32.6 Å². The summed E-state index contributed by atoms with van der Waals surface area (Å²) in [5.41, 5.74) is 0. The van der Waals surface area contributed by atoms with Gasteiger partial charge in [-0.25, -0.2) is 0 Å². The average molecular weight is 273 g/mol. The number of thioether (sulfide) groups is 1. The van der Waals surface area contributed by atoms with Crippen LogP contribution in [0.25, 0.3) is 0 Å². The zero-order chi connectivity index (χ0) is 12.8. The molecule has 0 aromatic heterocycles. The highest BCUT2D eigenvalue weighted by Crippen LogP contribution is 2.40. The first kappa shape index (κ1) is 14.6. The molecule has 3 nitrogen and oxygen atoms in total. The zero-order valence-corrected chi connectivity index (χ0v) is 12.6. The minimum Gasteiger partial charge on any atom is -0.347 e. The van der Waals surface area contributed by atoms with E-state index in [4.69, 9.17) is 9.47 Å². The summed E-state index contributed by atoms with van der Waals surface area (Å²) in [4.78, 5) is 0. The number of ether oxygens (including phenoxy) is 2. The van der Waals surface area contributed by atoms with Gasteiger partial charge in [0.1, 0.15) is 0 Å². The summed E-state index contributed by atoms with van der Waals surface area (Å²) in [7, 11) is 0. The first-order valence-corrected chi connectivity index (χ1v) is 8.47. The van der Waals surface area contributed by atoms with Gasteiger partial charge in [0.25, 0.3) is 0 Å². The van der Waals surface area contributed by atoms with Crippen molar-refractivity contribution in [2.75, 3.05) is 25.5 Å². The van der Waals surface area contributed by atoms with E-state index >= 15 is 0 Å². The molecule has 2 fully saturated rings. The van der Waals surface area contributed by atoms with Gasteiger partial charge in [-0.2, -0.15) is 11.8 Å². The Balaban J connectivity index is 1.91. The standard InChI is InChI=1S/C14H27NO2S/c1-3-7-15-12-5-6-14(16-8-9-17-14)11-13(12)18-10-4-2/h12-13,15H,3-11H2,1-2H3. The van der Waals surface area contributed by atoms with E-state index in [0.29, 0.717) is 11.3 Å². The van der Waals surface area contributed by atoms with E-state index in [1.165, 1.54) is 25.0 Å². The van der Waals surface area contributed by atoms with Crippen LogP contribution in [0.2, 0.25) is 0 Å². The highest BCUT2D eigenvalue weighted by Gasteiger charge is 2.44. The maximum absolute atomic E-state index is 5.88. The zero-order valence-electron chi connectivity index (χ0n) is 11.7. The molecule has 4 heteroatoms. The molecule has 0 bridgehead atoms. The van der Waals surface area contributed by atoms with E-state index in [9.17, 15) is 0 Å². The fraction of sp³-hybridized carbons (Fsp3) is 1.00. The summed E-state index contributed by atoms with van der Waals surface area (Å²) in [6.45, 7) is 7.16. The second-order valence-electron chi connectivity index (χ2n) is 5.32. The van der Waals surface area contributed by atoms with Gasteiger partial charge in [0.15, 0.2) is 5.79 Å². The molecule has 0 radical (unpaired) electrons. The summed E-state index contributed by atoms with van der Waals surface area (Å²) in [5.74, 6) is 1.00. The molecule has 18 heavy (non-hydrogen) atoms. The van der Waals surface area contributed by atoms with Crippen LogP contribution in [0.5, 0.6) is 0 Å². The summed E-state index contributed by atoms with van der Waals surface area (Å²) in [5, 5.41) is 4.35. The molecule has 1 aliphatic heterocycles. The Hall–Kier alpha value is 0.230. The molecule has 0 aromatic carbocycles. The maximum Gasteiger partial charge on any atom is 0.169 e. The van der Waals surface area contributed by atoms with Crippen LogP contribution in [0, 0.1) is 0 Å². The quantitative estimate of drug-likeness (QED) is 0.806. The van der Waals surface area contributed by atoms with Crippen molar-refractivity contribution in [3.05, 3.63) is 0 Å². The number of hydrogen-bond acceptors (Lipinski definition) is 4. The van der Waals surface area contributed by atoms with Crippen molar-refractivity contribution in [2.24, 2.45) is 0 Å². The van der Waals surface area contributed by atoms with Crippen molar-refractivity contribution >= 4 is 11.8 Å². The molecule has 2 atom stereocenters. The maximum atomic E-state index is 5.88. The third kappa shape index (κ3) is 3.62. The van der Waals surface area contributed by atoms with Gasteiger partial charge in [-0.3, -0.25) is 0 Å². The summed E-state index contributed by atoms with van der Waals surface area (Å²) in [6.07, 6.45) is 5.74. The molecule has 1 aliphatic carbocycles. The van der Waals surface area contributed by atoms with E-state index in [1.54, 1.807) is 0 Å². The lowest BCUT2D eigenvalue weighted by atomic mass is 9.89. The molecule has 0 amide bonds. The highest BCUT2D eigenvalue weighted by molar-refractivity contribution is 7.99. The van der Waals surface area contributed by atoms with Crippen molar-refractivity contribution < 1.29 is 9.47 Å². The second-order valence-corrected chi connectivity index (χ2v) is 6.67. The van der Waals surface area contributed by atoms with Crippen molar-refractivity contribution in [1.82, 2.24) is 5.32 Å². The Morgan fingerprint density at radius 3 is 2.67 bits per heavy atom. The van der Waals surface area contributed by atoms with Gasteiger partial charge in [-0.05, 0) is 31.6 Å². The number of rotatable bonds is 6. The molecule has 1 spiro atoms. The van der Waals surface area contributed by atoms with E-state index in [2.05, 4.69) is 30.9 Å². The van der Waals surface area contributed by atoms with Crippen LogP contribution in [0.1, 0.15) is 46.0 Å². The van der Waals surface area contributed by atoms with Gasteiger partial charge in [0.05, 0.1) is 13.2 Å². The minimum atomic E-state index is -0.240. The second kappa shape index (κ2) is 7.13. The Labute approximate surface area is 115 Å². The first-order chi connectivity index (χ1) is 8.79. The molecule has 2 rings (SSSR count). The molecule has 1 N–H and O–H groups in total. The molecule has 0 aromatic rings. The summed E-state index contributed by atoms with van der Waals surface area (Å²) >= 11 is 2.09. The molecular weight excluding hydrogens is 246 g/mol. The molecule has 1 saturated carbocycles. The number of nitrogens with one attached hydrogen (secondary N) is 1.